The number of carbonyl (C=O) groups excluding carboxylic acids is 1. The summed E-state index contributed by atoms with van der Waals surface area (Å²) in [5, 5.41) is 5.83. The smallest absolute Gasteiger partial charge is 0.230 e. The number of nitrogens with one attached hydrogen (secondary N) is 1. The minimum absolute atomic E-state index is 0.0822. The van der Waals surface area contributed by atoms with Gasteiger partial charge in [-0.1, -0.05) is 48.0 Å². The van der Waals surface area contributed by atoms with Gasteiger partial charge < -0.3 is 9.72 Å². The topological polar surface area (TPSA) is 59.3 Å². The molecule has 152 valence electrons. The number of thiazole rings is 1. The van der Waals surface area contributed by atoms with Crippen molar-refractivity contribution >= 4 is 28.6 Å². The van der Waals surface area contributed by atoms with E-state index in [9.17, 15) is 4.79 Å². The molecule has 0 saturated carbocycles. The van der Waals surface area contributed by atoms with Crippen LogP contribution < -0.4 is 5.32 Å². The average Bonchev–Trinajstić information content (AvgIpc) is 3.42. The molecule has 0 saturated heterocycles. The minimum Gasteiger partial charge on any atom is -0.326 e. The molecule has 1 amide bonds. The number of rotatable bonds is 5. The molecular formula is C25H20N4OS. The number of aromatic nitrogens is 3. The number of fused-ring (bicyclic) bond motifs is 1. The Morgan fingerprint density at radius 1 is 0.968 bits per heavy atom. The Kier molecular flexibility index (Phi) is 5.06. The Bertz CT molecular complexity index is 1320. The maximum atomic E-state index is 12.5. The second-order valence-corrected chi connectivity index (χ2v) is 8.26. The first-order valence-electron chi connectivity index (χ1n) is 9.99. The van der Waals surface area contributed by atoms with E-state index in [1.54, 1.807) is 11.3 Å². The number of benzene rings is 2. The lowest BCUT2D eigenvalue weighted by molar-refractivity contribution is -0.115. The number of aryl methyl sites for hydroxylation is 1. The van der Waals surface area contributed by atoms with E-state index < -0.39 is 0 Å². The quantitative estimate of drug-likeness (QED) is 0.399. The molecule has 31 heavy (non-hydrogen) atoms. The fraction of sp³-hybridized carbons (Fsp3) is 0.0800. The molecule has 2 aromatic carbocycles. The van der Waals surface area contributed by atoms with E-state index in [1.165, 1.54) is 5.56 Å². The van der Waals surface area contributed by atoms with Crippen LogP contribution in [-0.4, -0.2) is 20.3 Å². The van der Waals surface area contributed by atoms with E-state index in [0.29, 0.717) is 0 Å². The lowest BCUT2D eigenvalue weighted by Gasteiger charge is -2.05. The van der Waals surface area contributed by atoms with Gasteiger partial charge in [-0.15, -0.1) is 11.3 Å². The summed E-state index contributed by atoms with van der Waals surface area (Å²) in [4.78, 5) is 21.7. The van der Waals surface area contributed by atoms with Crippen molar-refractivity contribution in [1.29, 1.82) is 0 Å². The maximum Gasteiger partial charge on any atom is 0.230 e. The van der Waals surface area contributed by atoms with E-state index in [1.807, 2.05) is 64.6 Å². The summed E-state index contributed by atoms with van der Waals surface area (Å²) in [7, 11) is 0. The van der Waals surface area contributed by atoms with Gasteiger partial charge in [-0.05, 0) is 31.2 Å². The Labute approximate surface area is 184 Å². The van der Waals surface area contributed by atoms with Gasteiger partial charge >= 0.3 is 0 Å². The highest BCUT2D eigenvalue weighted by molar-refractivity contribution is 7.13. The Balaban J connectivity index is 1.24. The minimum atomic E-state index is -0.0822. The predicted octanol–water partition coefficient (Wildman–Crippen LogP) is 5.61. The van der Waals surface area contributed by atoms with Crippen molar-refractivity contribution in [3.05, 3.63) is 95.8 Å². The van der Waals surface area contributed by atoms with Gasteiger partial charge in [-0.3, -0.25) is 4.79 Å². The van der Waals surface area contributed by atoms with Crippen molar-refractivity contribution in [1.82, 2.24) is 14.4 Å². The molecule has 0 bridgehead atoms. The molecule has 5 rings (SSSR count). The zero-order chi connectivity index (χ0) is 21.2. The molecule has 0 radical (unpaired) electrons. The van der Waals surface area contributed by atoms with Crippen LogP contribution in [0.3, 0.4) is 0 Å². The number of pyridine rings is 1. The molecule has 0 aliphatic rings. The number of nitrogens with zero attached hydrogens (tertiary/aromatic N) is 3. The summed E-state index contributed by atoms with van der Waals surface area (Å²) in [6.45, 7) is 2.06. The summed E-state index contributed by atoms with van der Waals surface area (Å²) in [6.07, 6.45) is 4.22. The van der Waals surface area contributed by atoms with Crippen molar-refractivity contribution in [2.45, 2.75) is 13.3 Å². The third-order valence-corrected chi connectivity index (χ3v) is 5.96. The highest BCUT2D eigenvalue weighted by atomic mass is 32.1. The standard InChI is InChI=1S/C25H20N4OS/c1-17-5-7-19(8-6-17)25-27-21(16-31-25)14-24(30)26-20-11-9-18(10-12-20)22-15-29-13-3-2-4-23(29)28-22/h2-13,15-16H,14H2,1H3,(H,26,30). The van der Waals surface area contributed by atoms with Crippen LogP contribution in [0.1, 0.15) is 11.3 Å². The van der Waals surface area contributed by atoms with Crippen LogP contribution in [0.15, 0.2) is 84.5 Å². The normalized spacial score (nSPS) is 11.0. The largest absolute Gasteiger partial charge is 0.326 e. The summed E-state index contributed by atoms with van der Waals surface area (Å²) in [5.74, 6) is -0.0822. The highest BCUT2D eigenvalue weighted by Gasteiger charge is 2.10. The van der Waals surface area contributed by atoms with Crippen LogP contribution in [-0.2, 0) is 11.2 Å². The van der Waals surface area contributed by atoms with E-state index in [0.717, 1.165) is 38.9 Å². The molecule has 0 spiro atoms. The van der Waals surface area contributed by atoms with Gasteiger partial charge in [0, 0.05) is 34.6 Å². The SMILES string of the molecule is Cc1ccc(-c2nc(CC(=O)Nc3ccc(-c4cn5ccccc5n4)cc3)cs2)cc1. The van der Waals surface area contributed by atoms with Gasteiger partial charge in [0.15, 0.2) is 0 Å². The van der Waals surface area contributed by atoms with Crippen molar-refractivity contribution in [3.63, 3.8) is 0 Å². The maximum absolute atomic E-state index is 12.5. The molecule has 3 heterocycles. The summed E-state index contributed by atoms with van der Waals surface area (Å²) >= 11 is 1.56. The fourth-order valence-corrected chi connectivity index (χ4v) is 4.21. The molecule has 3 aromatic heterocycles. The first-order valence-corrected chi connectivity index (χ1v) is 10.9. The number of carbonyl (C=O) groups is 1. The van der Waals surface area contributed by atoms with E-state index in [-0.39, 0.29) is 12.3 Å². The third-order valence-electron chi connectivity index (χ3n) is 5.02. The zero-order valence-corrected chi connectivity index (χ0v) is 17.8. The number of hydrogen-bond donors (Lipinski definition) is 1. The lowest BCUT2D eigenvalue weighted by atomic mass is 10.1. The molecule has 6 heteroatoms. The van der Waals surface area contributed by atoms with Gasteiger partial charge in [0.1, 0.15) is 10.7 Å². The van der Waals surface area contributed by atoms with Crippen LogP contribution in [0.4, 0.5) is 5.69 Å². The van der Waals surface area contributed by atoms with Crippen LogP contribution in [0.5, 0.6) is 0 Å². The van der Waals surface area contributed by atoms with Crippen molar-refractivity contribution < 1.29 is 4.79 Å². The molecule has 5 aromatic rings. The van der Waals surface area contributed by atoms with Crippen LogP contribution in [0.2, 0.25) is 0 Å². The van der Waals surface area contributed by atoms with Gasteiger partial charge in [-0.2, -0.15) is 0 Å². The molecule has 0 aliphatic carbocycles. The summed E-state index contributed by atoms with van der Waals surface area (Å²) in [6, 6.07) is 21.9. The van der Waals surface area contributed by atoms with E-state index in [2.05, 4.69) is 46.5 Å². The fourth-order valence-electron chi connectivity index (χ4n) is 3.38. The number of hydrogen-bond acceptors (Lipinski definition) is 4. The molecule has 0 fully saturated rings. The Morgan fingerprint density at radius 2 is 1.74 bits per heavy atom. The molecule has 5 nitrogen and oxygen atoms in total. The molecule has 0 atom stereocenters. The average molecular weight is 425 g/mol. The highest BCUT2D eigenvalue weighted by Crippen LogP contribution is 2.25. The zero-order valence-electron chi connectivity index (χ0n) is 16.9. The van der Waals surface area contributed by atoms with Crippen molar-refractivity contribution in [2.24, 2.45) is 0 Å². The number of anilines is 1. The second kappa shape index (κ2) is 8.16. The first-order chi connectivity index (χ1) is 15.1. The lowest BCUT2D eigenvalue weighted by Crippen LogP contribution is -2.14. The molecular weight excluding hydrogens is 404 g/mol. The van der Waals surface area contributed by atoms with E-state index >= 15 is 0 Å². The number of imidazole rings is 1. The summed E-state index contributed by atoms with van der Waals surface area (Å²) in [5.41, 5.74) is 6.63. The van der Waals surface area contributed by atoms with Crippen LogP contribution in [0, 0.1) is 6.92 Å². The van der Waals surface area contributed by atoms with Gasteiger partial charge in [0.05, 0.1) is 17.8 Å². The molecule has 0 aliphatic heterocycles. The van der Waals surface area contributed by atoms with Gasteiger partial charge in [-0.25, -0.2) is 9.97 Å². The van der Waals surface area contributed by atoms with Gasteiger partial charge in [0.25, 0.3) is 0 Å². The molecule has 0 unspecified atom stereocenters. The molecule has 1 N–H and O–H groups in total. The third kappa shape index (κ3) is 4.25. The first kappa shape index (κ1) is 19.2. The summed E-state index contributed by atoms with van der Waals surface area (Å²) < 4.78 is 1.99. The van der Waals surface area contributed by atoms with Crippen molar-refractivity contribution in [2.75, 3.05) is 5.32 Å². The van der Waals surface area contributed by atoms with Crippen LogP contribution in [0.25, 0.3) is 27.5 Å². The second-order valence-electron chi connectivity index (χ2n) is 7.40. The Morgan fingerprint density at radius 3 is 2.52 bits per heavy atom. The monoisotopic (exact) mass is 424 g/mol. The van der Waals surface area contributed by atoms with Gasteiger partial charge in [0.2, 0.25) is 5.91 Å². The van der Waals surface area contributed by atoms with Crippen LogP contribution >= 0.6 is 11.3 Å². The van der Waals surface area contributed by atoms with Crippen molar-refractivity contribution in [3.8, 4) is 21.8 Å². The number of amides is 1. The van der Waals surface area contributed by atoms with E-state index in [4.69, 9.17) is 0 Å². The predicted molar refractivity (Wildman–Crippen MR) is 125 cm³/mol. The Hall–Kier alpha value is -3.77.